The van der Waals surface area contributed by atoms with Crippen LogP contribution in [0.1, 0.15) is 12.8 Å². The van der Waals surface area contributed by atoms with E-state index in [1.807, 2.05) is 0 Å². The molecular weight excluding hydrogens is 388 g/mol. The molecular formula is C15H20O13. The first kappa shape index (κ1) is 31.7. The lowest BCUT2D eigenvalue weighted by Gasteiger charge is -2.18. The van der Waals surface area contributed by atoms with E-state index in [4.69, 9.17) is 35.7 Å². The molecule has 0 rings (SSSR count). The maximum Gasteiger partial charge on any atom is 0.336 e. The third-order valence-corrected chi connectivity index (χ3v) is 1.81. The predicted octanol–water partition coefficient (Wildman–Crippen LogP) is -0.477. The number of hydrogen-bond donors (Lipinski definition) is 7. The average Bonchev–Trinajstić information content (AvgIpc) is 2.54. The minimum absolute atomic E-state index is 0.833. The van der Waals surface area contributed by atoms with E-state index in [2.05, 4.69) is 19.7 Å². The van der Waals surface area contributed by atoms with Gasteiger partial charge >= 0.3 is 35.8 Å². The molecule has 0 fully saturated rings. The fraction of sp³-hybridized carbons (Fsp3) is 0.200. The van der Waals surface area contributed by atoms with Crippen LogP contribution in [0.5, 0.6) is 0 Å². The number of hydrogen-bond acceptors (Lipinski definition) is 7. The Morgan fingerprint density at radius 2 is 0.786 bits per heavy atom. The van der Waals surface area contributed by atoms with Crippen molar-refractivity contribution < 1.29 is 64.5 Å². The second-order valence-corrected chi connectivity index (χ2v) is 4.10. The Labute approximate surface area is 157 Å². The molecule has 0 aromatic rings. The summed E-state index contributed by atoms with van der Waals surface area (Å²) in [5.74, 6) is -7.96. The van der Waals surface area contributed by atoms with Crippen molar-refractivity contribution in [3.05, 3.63) is 38.0 Å². The monoisotopic (exact) mass is 408 g/mol. The van der Waals surface area contributed by atoms with Gasteiger partial charge in [-0.05, 0) is 0 Å². The molecule has 0 heterocycles. The smallest absolute Gasteiger partial charge is 0.336 e. The number of aliphatic hydroxyl groups is 1. The van der Waals surface area contributed by atoms with Gasteiger partial charge in [0.15, 0.2) is 5.60 Å². The van der Waals surface area contributed by atoms with Crippen molar-refractivity contribution in [1.82, 2.24) is 0 Å². The van der Waals surface area contributed by atoms with Gasteiger partial charge in [-0.1, -0.05) is 19.7 Å². The van der Waals surface area contributed by atoms with Crippen LogP contribution in [0.3, 0.4) is 0 Å². The summed E-state index contributed by atoms with van der Waals surface area (Å²) in [6.07, 6.45) is 0.212. The highest BCUT2D eigenvalue weighted by atomic mass is 16.4. The van der Waals surface area contributed by atoms with Crippen LogP contribution in [-0.2, 0) is 28.8 Å². The van der Waals surface area contributed by atoms with Gasteiger partial charge < -0.3 is 35.7 Å². The lowest BCUT2D eigenvalue weighted by molar-refractivity contribution is -0.170. The Kier molecular flexibility index (Phi) is 20.2. The van der Waals surface area contributed by atoms with Crippen molar-refractivity contribution in [3.63, 3.8) is 0 Å². The number of carboxylic acids is 6. The molecule has 0 aliphatic rings. The molecule has 13 nitrogen and oxygen atoms in total. The minimum atomic E-state index is -2.74. The molecule has 0 atom stereocenters. The SMILES string of the molecule is C=CC(=O)O.C=CC(=O)O.C=CC(=O)O.O=C(O)CC(O)(CC(=O)O)C(=O)O. The molecule has 0 aliphatic carbocycles. The van der Waals surface area contributed by atoms with Gasteiger partial charge in [-0.15, -0.1) is 0 Å². The topological polar surface area (TPSA) is 244 Å². The van der Waals surface area contributed by atoms with E-state index in [1.54, 1.807) is 0 Å². The molecule has 28 heavy (non-hydrogen) atoms. The summed E-state index contributed by atoms with van der Waals surface area (Å²) in [6, 6.07) is 0. The lowest BCUT2D eigenvalue weighted by Crippen LogP contribution is -2.42. The first-order valence-electron chi connectivity index (χ1n) is 6.54. The second kappa shape index (κ2) is 17.8. The second-order valence-electron chi connectivity index (χ2n) is 4.10. The zero-order valence-corrected chi connectivity index (χ0v) is 14.3. The summed E-state index contributed by atoms with van der Waals surface area (Å²) in [5, 5.41) is 56.6. The fourth-order valence-corrected chi connectivity index (χ4v) is 0.714. The summed E-state index contributed by atoms with van der Waals surface area (Å²) < 4.78 is 0. The summed E-state index contributed by atoms with van der Waals surface area (Å²) in [4.78, 5) is 58.2. The molecule has 0 saturated heterocycles. The van der Waals surface area contributed by atoms with Crippen molar-refractivity contribution in [1.29, 1.82) is 0 Å². The van der Waals surface area contributed by atoms with Gasteiger partial charge in [0.1, 0.15) is 0 Å². The minimum Gasteiger partial charge on any atom is -0.481 e. The molecule has 0 radical (unpaired) electrons. The molecule has 7 N–H and O–H groups in total. The van der Waals surface area contributed by atoms with Crippen LogP contribution >= 0.6 is 0 Å². The highest BCUT2D eigenvalue weighted by Gasteiger charge is 2.40. The molecule has 0 amide bonds. The standard InChI is InChI=1S/C6H8O7.3C3H4O2/c7-3(8)1-6(13,5(11)12)2-4(9)10;3*1-2-3(4)5/h13H,1-2H2,(H,7,8)(H,9,10)(H,11,12);3*2H,1H2,(H,4,5). The van der Waals surface area contributed by atoms with Gasteiger partial charge in [0.2, 0.25) is 0 Å². The lowest BCUT2D eigenvalue weighted by atomic mass is 9.96. The number of aliphatic carboxylic acids is 6. The van der Waals surface area contributed by atoms with Crippen molar-refractivity contribution in [2.24, 2.45) is 0 Å². The summed E-state index contributed by atoms with van der Waals surface area (Å²) in [7, 11) is 0. The van der Waals surface area contributed by atoms with E-state index >= 15 is 0 Å². The maximum atomic E-state index is 10.3. The van der Waals surface area contributed by atoms with Gasteiger partial charge in [0.25, 0.3) is 0 Å². The quantitative estimate of drug-likeness (QED) is 0.251. The third-order valence-electron chi connectivity index (χ3n) is 1.81. The van der Waals surface area contributed by atoms with Crippen molar-refractivity contribution in [2.75, 3.05) is 0 Å². The molecule has 0 unspecified atom stereocenters. The average molecular weight is 408 g/mol. The zero-order chi connectivity index (χ0) is 23.5. The van der Waals surface area contributed by atoms with Crippen LogP contribution in [0.15, 0.2) is 38.0 Å². The normalized spacial score (nSPS) is 8.46. The van der Waals surface area contributed by atoms with Gasteiger partial charge in [0, 0.05) is 18.2 Å². The van der Waals surface area contributed by atoms with Crippen molar-refractivity contribution in [3.8, 4) is 0 Å². The van der Waals surface area contributed by atoms with E-state index in [9.17, 15) is 28.8 Å². The van der Waals surface area contributed by atoms with Gasteiger partial charge in [-0.2, -0.15) is 0 Å². The van der Waals surface area contributed by atoms with Crippen LogP contribution in [0.2, 0.25) is 0 Å². The van der Waals surface area contributed by atoms with Crippen LogP contribution in [0, 0.1) is 0 Å². The maximum absolute atomic E-state index is 10.3. The third kappa shape index (κ3) is 29.9. The van der Waals surface area contributed by atoms with Gasteiger partial charge in [-0.3, -0.25) is 9.59 Å². The van der Waals surface area contributed by atoms with Crippen molar-refractivity contribution in [2.45, 2.75) is 18.4 Å². The Morgan fingerprint density at radius 1 is 0.607 bits per heavy atom. The molecule has 0 saturated carbocycles. The molecule has 0 spiro atoms. The van der Waals surface area contributed by atoms with E-state index < -0.39 is 54.3 Å². The highest BCUT2D eigenvalue weighted by molar-refractivity contribution is 5.88. The molecule has 0 bridgehead atoms. The Morgan fingerprint density at radius 3 is 0.857 bits per heavy atom. The van der Waals surface area contributed by atoms with Gasteiger partial charge in [0.05, 0.1) is 12.8 Å². The molecule has 158 valence electrons. The van der Waals surface area contributed by atoms with E-state index in [0.717, 1.165) is 18.2 Å². The first-order valence-corrected chi connectivity index (χ1v) is 6.54. The van der Waals surface area contributed by atoms with E-state index in [1.165, 1.54) is 0 Å². The van der Waals surface area contributed by atoms with Crippen LogP contribution < -0.4 is 0 Å². The fourth-order valence-electron chi connectivity index (χ4n) is 0.714. The summed E-state index contributed by atoms with van der Waals surface area (Å²) >= 11 is 0. The van der Waals surface area contributed by atoms with E-state index in [-0.39, 0.29) is 0 Å². The molecule has 0 aromatic carbocycles. The molecule has 13 heteroatoms. The van der Waals surface area contributed by atoms with Gasteiger partial charge in [-0.25, -0.2) is 19.2 Å². The number of rotatable bonds is 8. The predicted molar refractivity (Wildman–Crippen MR) is 90.6 cm³/mol. The van der Waals surface area contributed by atoms with Crippen LogP contribution in [0.4, 0.5) is 0 Å². The van der Waals surface area contributed by atoms with E-state index in [0.29, 0.717) is 0 Å². The number of carboxylic acid groups (broad SMARTS) is 6. The number of carbonyl (C=O) groups is 6. The van der Waals surface area contributed by atoms with Crippen LogP contribution in [-0.4, -0.2) is 77.2 Å². The Bertz CT molecular complexity index is 544. The zero-order valence-electron chi connectivity index (χ0n) is 14.3. The largest absolute Gasteiger partial charge is 0.481 e. The first-order chi connectivity index (χ1) is 12.6. The molecule has 0 aromatic heterocycles. The molecule has 0 aliphatic heterocycles. The highest BCUT2D eigenvalue weighted by Crippen LogP contribution is 2.15. The Hall–Kier alpha value is -4.00. The summed E-state index contributed by atoms with van der Waals surface area (Å²) in [5.41, 5.74) is -2.74. The van der Waals surface area contributed by atoms with Crippen molar-refractivity contribution >= 4 is 35.8 Å². The Balaban J connectivity index is -0.000000159. The summed E-state index contributed by atoms with van der Waals surface area (Å²) in [6.45, 7) is 8.88. The van der Waals surface area contributed by atoms with Crippen LogP contribution in [0.25, 0.3) is 0 Å².